The molecule has 2 amide bonds. The van der Waals surface area contributed by atoms with Gasteiger partial charge in [0.2, 0.25) is 5.91 Å². The molecule has 1 aliphatic carbocycles. The molecule has 1 atom stereocenters. The number of rotatable bonds is 5. The number of hydrogen-bond donors (Lipinski definition) is 3. The molecule has 0 aromatic heterocycles. The summed E-state index contributed by atoms with van der Waals surface area (Å²) in [5.74, 6) is -2.62. The fourth-order valence-electron chi connectivity index (χ4n) is 3.61. The second-order valence-electron chi connectivity index (χ2n) is 6.11. The number of nitrogens with two attached hydrogens (primary N) is 1. The molecule has 6 nitrogen and oxygen atoms in total. The molecule has 0 radical (unpaired) electrons. The van der Waals surface area contributed by atoms with Gasteiger partial charge in [-0.05, 0) is 31.9 Å². The Hall–Kier alpha value is -2.81. The summed E-state index contributed by atoms with van der Waals surface area (Å²) in [6.07, 6.45) is 2.45. The summed E-state index contributed by atoms with van der Waals surface area (Å²) in [5, 5.41) is 22.3. The maximum atomic E-state index is 12.8. The number of aliphatic hydroxyl groups is 1. The van der Waals surface area contributed by atoms with Crippen molar-refractivity contribution in [3.63, 3.8) is 0 Å². The van der Waals surface area contributed by atoms with Crippen molar-refractivity contribution < 1.29 is 14.7 Å². The molecule has 1 aromatic rings. The van der Waals surface area contributed by atoms with Crippen molar-refractivity contribution in [2.24, 2.45) is 17.1 Å². The maximum absolute atomic E-state index is 12.8. The van der Waals surface area contributed by atoms with E-state index < -0.39 is 23.1 Å². The first kappa shape index (κ1) is 17.5. The quantitative estimate of drug-likeness (QED) is 0.569. The summed E-state index contributed by atoms with van der Waals surface area (Å²) >= 11 is 0. The number of nitrogens with zero attached hydrogens (tertiary/aromatic N) is 1. The first-order chi connectivity index (χ1) is 11.4. The third-order valence-corrected chi connectivity index (χ3v) is 4.58. The highest BCUT2D eigenvalue weighted by Crippen LogP contribution is 2.50. The number of nitriles is 1. The van der Waals surface area contributed by atoms with E-state index in [0.29, 0.717) is 18.5 Å². The summed E-state index contributed by atoms with van der Waals surface area (Å²) in [6.45, 7) is 1.40. The standard InChI is InChI=1S/C18H21N3O3/c1-12(22)15(17(24)21-13-7-3-2-4-8-13)18(9-5-6-10-18)14(11-19)16(20)23/h2-4,7-8,14,22H,5-6,9-10H2,1H3,(H2,20,23)(H,21,24)/b15-12-. The second-order valence-corrected chi connectivity index (χ2v) is 6.11. The van der Waals surface area contributed by atoms with Crippen LogP contribution in [0.4, 0.5) is 5.69 Å². The van der Waals surface area contributed by atoms with E-state index in [-0.39, 0.29) is 11.3 Å². The van der Waals surface area contributed by atoms with Crippen LogP contribution < -0.4 is 11.1 Å². The minimum atomic E-state index is -1.15. The SMILES string of the molecule is C/C(O)=C(\C(=O)Nc1ccccc1)C1(C(C#N)C(N)=O)CCCC1. The normalized spacial score (nSPS) is 18.2. The number of amides is 2. The Labute approximate surface area is 141 Å². The third-order valence-electron chi connectivity index (χ3n) is 4.58. The van der Waals surface area contributed by atoms with Crippen LogP contribution in [0.3, 0.4) is 0 Å². The lowest BCUT2D eigenvalue weighted by Gasteiger charge is -2.34. The van der Waals surface area contributed by atoms with Gasteiger partial charge in [0, 0.05) is 11.1 Å². The van der Waals surface area contributed by atoms with E-state index in [2.05, 4.69) is 5.32 Å². The van der Waals surface area contributed by atoms with Crippen LogP contribution in [-0.4, -0.2) is 16.9 Å². The van der Waals surface area contributed by atoms with Crippen LogP contribution in [0.5, 0.6) is 0 Å². The van der Waals surface area contributed by atoms with E-state index >= 15 is 0 Å². The van der Waals surface area contributed by atoms with E-state index in [1.807, 2.05) is 12.1 Å². The third kappa shape index (κ3) is 3.25. The van der Waals surface area contributed by atoms with Gasteiger partial charge in [-0.15, -0.1) is 0 Å². The molecule has 1 fully saturated rings. The zero-order valence-electron chi connectivity index (χ0n) is 13.6. The number of aliphatic hydroxyl groups excluding tert-OH is 1. The summed E-state index contributed by atoms with van der Waals surface area (Å²) in [6, 6.07) is 10.8. The molecule has 126 valence electrons. The molecule has 0 aliphatic heterocycles. The fourth-order valence-corrected chi connectivity index (χ4v) is 3.61. The molecule has 24 heavy (non-hydrogen) atoms. The van der Waals surface area contributed by atoms with Crippen molar-refractivity contribution in [1.29, 1.82) is 5.26 Å². The van der Waals surface area contributed by atoms with Gasteiger partial charge in [0.15, 0.2) is 0 Å². The minimum absolute atomic E-state index is 0.0780. The van der Waals surface area contributed by atoms with Crippen LogP contribution in [0.25, 0.3) is 0 Å². The summed E-state index contributed by atoms with van der Waals surface area (Å²) < 4.78 is 0. The van der Waals surface area contributed by atoms with Crippen LogP contribution >= 0.6 is 0 Å². The number of hydrogen-bond acceptors (Lipinski definition) is 4. The highest BCUT2D eigenvalue weighted by atomic mass is 16.3. The van der Waals surface area contributed by atoms with Crippen molar-refractivity contribution in [2.75, 3.05) is 5.32 Å². The lowest BCUT2D eigenvalue weighted by atomic mass is 9.67. The Morgan fingerprint density at radius 2 is 1.88 bits per heavy atom. The highest BCUT2D eigenvalue weighted by Gasteiger charge is 2.50. The number of benzene rings is 1. The molecule has 1 aliphatic rings. The smallest absolute Gasteiger partial charge is 0.255 e. The van der Waals surface area contributed by atoms with E-state index in [4.69, 9.17) is 5.73 Å². The average molecular weight is 327 g/mol. The molecule has 4 N–H and O–H groups in total. The van der Waals surface area contributed by atoms with Gasteiger partial charge in [-0.1, -0.05) is 31.0 Å². The predicted molar refractivity (Wildman–Crippen MR) is 89.6 cm³/mol. The van der Waals surface area contributed by atoms with E-state index in [9.17, 15) is 20.0 Å². The van der Waals surface area contributed by atoms with E-state index in [0.717, 1.165) is 12.8 Å². The van der Waals surface area contributed by atoms with Crippen molar-refractivity contribution in [1.82, 2.24) is 0 Å². The number of para-hydroxylation sites is 1. The zero-order chi connectivity index (χ0) is 17.7. The van der Waals surface area contributed by atoms with Gasteiger partial charge in [-0.25, -0.2) is 0 Å². The summed E-state index contributed by atoms with van der Waals surface area (Å²) in [5.41, 5.74) is 5.01. The van der Waals surface area contributed by atoms with E-state index in [1.54, 1.807) is 24.3 Å². The lowest BCUT2D eigenvalue weighted by molar-refractivity contribution is -0.123. The second kappa shape index (κ2) is 7.18. The van der Waals surface area contributed by atoms with Crippen molar-refractivity contribution >= 4 is 17.5 Å². The van der Waals surface area contributed by atoms with Crippen LogP contribution in [0.1, 0.15) is 32.6 Å². The molecule has 0 spiro atoms. The van der Waals surface area contributed by atoms with Crippen LogP contribution in [0.15, 0.2) is 41.7 Å². The van der Waals surface area contributed by atoms with Gasteiger partial charge in [0.1, 0.15) is 5.92 Å². The molecule has 0 bridgehead atoms. The molecule has 0 heterocycles. The number of anilines is 1. The molecular formula is C18H21N3O3. The molecule has 0 saturated heterocycles. The first-order valence-corrected chi connectivity index (χ1v) is 7.88. The van der Waals surface area contributed by atoms with Gasteiger partial charge in [-0.2, -0.15) is 5.26 Å². The number of primary amides is 1. The summed E-state index contributed by atoms with van der Waals surface area (Å²) in [4.78, 5) is 24.6. The Balaban J connectivity index is 2.45. The molecule has 2 rings (SSSR count). The van der Waals surface area contributed by atoms with Crippen LogP contribution in [0, 0.1) is 22.7 Å². The minimum Gasteiger partial charge on any atom is -0.512 e. The number of allylic oxidation sites excluding steroid dienone is 1. The highest BCUT2D eigenvalue weighted by molar-refractivity contribution is 6.05. The number of carbonyl (C=O) groups is 2. The van der Waals surface area contributed by atoms with Gasteiger partial charge in [0.05, 0.1) is 17.4 Å². The summed E-state index contributed by atoms with van der Waals surface area (Å²) in [7, 11) is 0. The van der Waals surface area contributed by atoms with Gasteiger partial charge in [-0.3, -0.25) is 9.59 Å². The van der Waals surface area contributed by atoms with Crippen molar-refractivity contribution in [3.05, 3.63) is 41.7 Å². The fraction of sp³-hybridized carbons (Fsp3) is 0.389. The topological polar surface area (TPSA) is 116 Å². The molecular weight excluding hydrogens is 306 g/mol. The average Bonchev–Trinajstić information content (AvgIpc) is 2.98. The molecule has 1 unspecified atom stereocenters. The lowest BCUT2D eigenvalue weighted by Crippen LogP contribution is -2.42. The van der Waals surface area contributed by atoms with Crippen molar-refractivity contribution in [2.45, 2.75) is 32.6 Å². The van der Waals surface area contributed by atoms with E-state index in [1.165, 1.54) is 6.92 Å². The predicted octanol–water partition coefficient (Wildman–Crippen LogP) is 2.64. The Morgan fingerprint density at radius 1 is 1.29 bits per heavy atom. The Morgan fingerprint density at radius 3 is 2.33 bits per heavy atom. The molecule has 6 heteroatoms. The monoisotopic (exact) mass is 327 g/mol. The molecule has 1 aromatic carbocycles. The number of carbonyl (C=O) groups excluding carboxylic acids is 2. The first-order valence-electron chi connectivity index (χ1n) is 7.88. The Bertz CT molecular complexity index is 694. The number of nitrogens with one attached hydrogen (secondary N) is 1. The van der Waals surface area contributed by atoms with Crippen LogP contribution in [0.2, 0.25) is 0 Å². The van der Waals surface area contributed by atoms with Crippen LogP contribution in [-0.2, 0) is 9.59 Å². The maximum Gasteiger partial charge on any atom is 0.255 e. The largest absolute Gasteiger partial charge is 0.512 e. The van der Waals surface area contributed by atoms with Crippen molar-refractivity contribution in [3.8, 4) is 6.07 Å². The van der Waals surface area contributed by atoms with Gasteiger partial charge in [0.25, 0.3) is 5.91 Å². The molecule has 1 saturated carbocycles. The van der Waals surface area contributed by atoms with Gasteiger partial charge >= 0.3 is 0 Å². The zero-order valence-corrected chi connectivity index (χ0v) is 13.6. The van der Waals surface area contributed by atoms with Gasteiger partial charge < -0.3 is 16.2 Å². The Kier molecular flexibility index (Phi) is 5.24.